The monoisotopic (exact) mass is 351 g/mol. The summed E-state index contributed by atoms with van der Waals surface area (Å²) in [5.74, 6) is -1.09. The summed E-state index contributed by atoms with van der Waals surface area (Å²) in [6, 6.07) is 10.1. The van der Waals surface area contributed by atoms with Gasteiger partial charge in [0.05, 0.1) is 10.6 Å². The number of hydrogen-bond donors (Lipinski definition) is 1. The maximum atomic E-state index is 11.9. The van der Waals surface area contributed by atoms with Crippen LogP contribution in [0.2, 0.25) is 10.0 Å². The van der Waals surface area contributed by atoms with Crippen molar-refractivity contribution in [1.29, 1.82) is 0 Å². The van der Waals surface area contributed by atoms with Crippen LogP contribution in [-0.4, -0.2) is 18.5 Å². The zero-order valence-electron chi connectivity index (χ0n) is 12.7. The Bertz CT molecular complexity index is 739. The summed E-state index contributed by atoms with van der Waals surface area (Å²) in [6.45, 7) is 3.38. The first kappa shape index (κ1) is 17.3. The summed E-state index contributed by atoms with van der Waals surface area (Å²) in [7, 11) is 0. The van der Waals surface area contributed by atoms with Gasteiger partial charge in [0, 0.05) is 10.7 Å². The van der Waals surface area contributed by atoms with Crippen LogP contribution in [0.15, 0.2) is 36.4 Å². The van der Waals surface area contributed by atoms with Crippen LogP contribution < -0.4 is 5.32 Å². The van der Waals surface area contributed by atoms with Crippen LogP contribution >= 0.6 is 23.2 Å². The van der Waals surface area contributed by atoms with Gasteiger partial charge >= 0.3 is 5.97 Å². The molecule has 1 amide bonds. The Hall–Kier alpha value is -2.04. The second-order valence-corrected chi connectivity index (χ2v) is 5.86. The Kier molecular flexibility index (Phi) is 5.64. The first-order valence-electron chi connectivity index (χ1n) is 6.86. The summed E-state index contributed by atoms with van der Waals surface area (Å²) >= 11 is 11.7. The zero-order valence-corrected chi connectivity index (χ0v) is 14.2. The maximum Gasteiger partial charge on any atom is 0.340 e. The highest BCUT2D eigenvalue weighted by Crippen LogP contribution is 2.22. The van der Waals surface area contributed by atoms with E-state index in [0.29, 0.717) is 5.02 Å². The van der Waals surface area contributed by atoms with Crippen LogP contribution in [0.3, 0.4) is 0 Å². The molecule has 0 unspecified atom stereocenters. The van der Waals surface area contributed by atoms with Gasteiger partial charge in [-0.3, -0.25) is 4.79 Å². The smallest absolute Gasteiger partial charge is 0.340 e. The number of aryl methyl sites for hydroxylation is 2. The molecule has 6 heteroatoms. The number of anilines is 1. The van der Waals surface area contributed by atoms with E-state index in [0.717, 1.165) is 16.8 Å². The molecule has 0 atom stereocenters. The van der Waals surface area contributed by atoms with E-state index in [9.17, 15) is 9.59 Å². The molecule has 23 heavy (non-hydrogen) atoms. The van der Waals surface area contributed by atoms with Crippen LogP contribution in [-0.2, 0) is 9.53 Å². The molecule has 0 saturated heterocycles. The summed E-state index contributed by atoms with van der Waals surface area (Å²) in [5.41, 5.74) is 2.75. The van der Waals surface area contributed by atoms with Gasteiger partial charge in [0.2, 0.25) is 0 Å². The summed E-state index contributed by atoms with van der Waals surface area (Å²) in [6.07, 6.45) is 0. The molecule has 0 radical (unpaired) electrons. The summed E-state index contributed by atoms with van der Waals surface area (Å²) in [5, 5.41) is 3.33. The quantitative estimate of drug-likeness (QED) is 0.830. The van der Waals surface area contributed by atoms with Gasteiger partial charge in [-0.2, -0.15) is 0 Å². The molecule has 0 spiro atoms. The molecule has 0 aromatic heterocycles. The maximum absolute atomic E-state index is 11.9. The molecule has 0 aliphatic rings. The molecule has 0 aliphatic heterocycles. The van der Waals surface area contributed by atoms with Crippen molar-refractivity contribution in [3.05, 3.63) is 63.1 Å². The molecule has 120 valence electrons. The zero-order chi connectivity index (χ0) is 17.0. The fraction of sp³-hybridized carbons (Fsp3) is 0.176. The second-order valence-electron chi connectivity index (χ2n) is 5.02. The molecule has 0 bridgehead atoms. The van der Waals surface area contributed by atoms with Gasteiger partial charge in [-0.15, -0.1) is 0 Å². The number of benzene rings is 2. The lowest BCUT2D eigenvalue weighted by Crippen LogP contribution is -2.22. The minimum absolute atomic E-state index is 0.163. The number of carbonyl (C=O) groups excluding carboxylic acids is 2. The van der Waals surface area contributed by atoms with Crippen LogP contribution in [0, 0.1) is 13.8 Å². The van der Waals surface area contributed by atoms with E-state index in [1.54, 1.807) is 0 Å². The minimum Gasteiger partial charge on any atom is -0.452 e. The number of para-hydroxylation sites is 1. The molecule has 0 heterocycles. The molecule has 2 rings (SSSR count). The number of nitrogens with one attached hydrogen (secondary N) is 1. The van der Waals surface area contributed by atoms with Gasteiger partial charge in [0.1, 0.15) is 0 Å². The highest BCUT2D eigenvalue weighted by molar-refractivity contribution is 6.36. The molecule has 0 fully saturated rings. The average Bonchev–Trinajstić information content (AvgIpc) is 2.49. The first-order valence-corrected chi connectivity index (χ1v) is 7.62. The van der Waals surface area contributed by atoms with Crippen LogP contribution in [0.4, 0.5) is 5.69 Å². The van der Waals surface area contributed by atoms with E-state index in [1.165, 1.54) is 18.2 Å². The van der Waals surface area contributed by atoms with Gasteiger partial charge in [0.15, 0.2) is 6.61 Å². The lowest BCUT2D eigenvalue weighted by molar-refractivity contribution is -0.119. The van der Waals surface area contributed by atoms with Crippen molar-refractivity contribution >= 4 is 40.8 Å². The molecular weight excluding hydrogens is 337 g/mol. The van der Waals surface area contributed by atoms with Gasteiger partial charge in [-0.05, 0) is 43.2 Å². The van der Waals surface area contributed by atoms with E-state index >= 15 is 0 Å². The molecule has 1 N–H and O–H groups in total. The van der Waals surface area contributed by atoms with Crippen LogP contribution in [0.5, 0.6) is 0 Å². The molecule has 0 aliphatic carbocycles. The number of carbonyl (C=O) groups is 2. The average molecular weight is 352 g/mol. The van der Waals surface area contributed by atoms with E-state index in [2.05, 4.69) is 5.32 Å². The minimum atomic E-state index is -0.677. The number of amides is 1. The Labute approximate surface area is 144 Å². The Morgan fingerprint density at radius 1 is 1.09 bits per heavy atom. The first-order chi connectivity index (χ1) is 10.9. The highest BCUT2D eigenvalue weighted by Gasteiger charge is 2.15. The topological polar surface area (TPSA) is 55.4 Å². The third kappa shape index (κ3) is 4.47. The Balaban J connectivity index is 1.98. The van der Waals surface area contributed by atoms with E-state index in [1.807, 2.05) is 32.0 Å². The third-order valence-corrected chi connectivity index (χ3v) is 3.78. The molecule has 2 aromatic carbocycles. The number of rotatable bonds is 4. The standard InChI is InChI=1S/C17H15Cl2NO3/c1-10-4-3-5-11(2)16(10)20-15(21)9-23-17(22)13-7-6-12(18)8-14(13)19/h3-8H,9H2,1-2H3,(H,20,21). The number of esters is 1. The van der Waals surface area contributed by atoms with Crippen molar-refractivity contribution in [2.75, 3.05) is 11.9 Å². The van der Waals surface area contributed by atoms with Crippen molar-refractivity contribution in [3.8, 4) is 0 Å². The predicted molar refractivity (Wildman–Crippen MR) is 91.3 cm³/mol. The van der Waals surface area contributed by atoms with Crippen molar-refractivity contribution in [3.63, 3.8) is 0 Å². The Morgan fingerprint density at radius 2 is 1.74 bits per heavy atom. The van der Waals surface area contributed by atoms with Gasteiger partial charge in [0.25, 0.3) is 5.91 Å². The predicted octanol–water partition coefficient (Wildman–Crippen LogP) is 4.41. The number of ether oxygens (including phenoxy) is 1. The normalized spacial score (nSPS) is 10.3. The van der Waals surface area contributed by atoms with Gasteiger partial charge in [-0.25, -0.2) is 4.79 Å². The largest absolute Gasteiger partial charge is 0.452 e. The van der Waals surface area contributed by atoms with Gasteiger partial charge < -0.3 is 10.1 Å². The third-order valence-electron chi connectivity index (χ3n) is 3.23. The van der Waals surface area contributed by atoms with Gasteiger partial charge in [-0.1, -0.05) is 41.4 Å². The van der Waals surface area contributed by atoms with Crippen molar-refractivity contribution in [2.45, 2.75) is 13.8 Å². The van der Waals surface area contributed by atoms with E-state index in [-0.39, 0.29) is 10.6 Å². The Morgan fingerprint density at radius 3 is 2.35 bits per heavy atom. The van der Waals surface area contributed by atoms with Crippen molar-refractivity contribution < 1.29 is 14.3 Å². The highest BCUT2D eigenvalue weighted by atomic mass is 35.5. The van der Waals surface area contributed by atoms with Crippen molar-refractivity contribution in [2.24, 2.45) is 0 Å². The molecule has 4 nitrogen and oxygen atoms in total. The molecule has 2 aromatic rings. The molecule has 0 saturated carbocycles. The summed E-state index contributed by atoms with van der Waals surface area (Å²) < 4.78 is 4.98. The van der Waals surface area contributed by atoms with E-state index < -0.39 is 18.5 Å². The fourth-order valence-corrected chi connectivity index (χ4v) is 2.54. The van der Waals surface area contributed by atoms with Crippen LogP contribution in [0.1, 0.15) is 21.5 Å². The fourth-order valence-electron chi connectivity index (χ4n) is 2.05. The SMILES string of the molecule is Cc1cccc(C)c1NC(=O)COC(=O)c1ccc(Cl)cc1Cl. The summed E-state index contributed by atoms with van der Waals surface area (Å²) in [4.78, 5) is 23.9. The second kappa shape index (κ2) is 7.49. The number of halogens is 2. The van der Waals surface area contributed by atoms with Crippen LogP contribution in [0.25, 0.3) is 0 Å². The number of hydrogen-bond acceptors (Lipinski definition) is 3. The van der Waals surface area contributed by atoms with E-state index in [4.69, 9.17) is 27.9 Å². The lowest BCUT2D eigenvalue weighted by Gasteiger charge is -2.12. The lowest BCUT2D eigenvalue weighted by atomic mass is 10.1. The molecular formula is C17H15Cl2NO3. The van der Waals surface area contributed by atoms with Crippen molar-refractivity contribution in [1.82, 2.24) is 0 Å².